The lowest BCUT2D eigenvalue weighted by Gasteiger charge is -2.11. The van der Waals surface area contributed by atoms with Gasteiger partial charge in [0.2, 0.25) is 5.91 Å². The van der Waals surface area contributed by atoms with E-state index >= 15 is 0 Å². The molecule has 1 aromatic carbocycles. The lowest BCUT2D eigenvalue weighted by Crippen LogP contribution is -2.38. The molecule has 3 aromatic rings. The van der Waals surface area contributed by atoms with Crippen molar-refractivity contribution in [1.29, 1.82) is 0 Å². The largest absolute Gasteiger partial charge is 0.367 e. The Balaban J connectivity index is 1.56. The molecule has 0 aliphatic carbocycles. The van der Waals surface area contributed by atoms with Gasteiger partial charge in [-0.2, -0.15) is 5.10 Å². The topological polar surface area (TPSA) is 114 Å². The number of amides is 2. The highest BCUT2D eigenvalue weighted by Gasteiger charge is 2.14. The molecule has 0 atom stereocenters. The van der Waals surface area contributed by atoms with Gasteiger partial charge in [-0.15, -0.1) is 0 Å². The third kappa shape index (κ3) is 5.47. The Morgan fingerprint density at radius 3 is 2.60 bits per heavy atom. The molecule has 0 saturated carbocycles. The van der Waals surface area contributed by atoms with Gasteiger partial charge in [0.15, 0.2) is 10.8 Å². The number of thioether (sulfide) groups is 1. The first kappa shape index (κ1) is 21.6. The Morgan fingerprint density at radius 1 is 1.13 bits per heavy atom. The van der Waals surface area contributed by atoms with Gasteiger partial charge in [0.25, 0.3) is 5.91 Å². The second-order valence-electron chi connectivity index (χ2n) is 6.86. The quantitative estimate of drug-likeness (QED) is 0.353. The second kappa shape index (κ2) is 10.1. The highest BCUT2D eigenvalue weighted by Crippen LogP contribution is 2.23. The molecule has 0 radical (unpaired) electrons. The molecule has 158 valence electrons. The number of carbonyl (C=O) groups is 2. The molecule has 0 unspecified atom stereocenters. The molecule has 10 heteroatoms. The number of aromatic nitrogens is 4. The first-order valence-electron chi connectivity index (χ1n) is 9.62. The molecule has 2 amide bonds. The van der Waals surface area contributed by atoms with Crippen LogP contribution >= 0.6 is 11.8 Å². The monoisotopic (exact) mass is 427 g/mol. The maximum atomic E-state index is 12.1. The fourth-order valence-electron chi connectivity index (χ4n) is 2.79. The zero-order chi connectivity index (χ0) is 21.5. The van der Waals surface area contributed by atoms with Crippen LogP contribution < -0.4 is 16.0 Å². The van der Waals surface area contributed by atoms with Crippen LogP contribution in [0.25, 0.3) is 11.0 Å². The predicted molar refractivity (Wildman–Crippen MR) is 118 cm³/mol. The fourth-order valence-corrected chi connectivity index (χ4v) is 3.15. The van der Waals surface area contributed by atoms with Gasteiger partial charge < -0.3 is 16.0 Å². The van der Waals surface area contributed by atoms with Crippen molar-refractivity contribution in [3.63, 3.8) is 0 Å². The minimum atomic E-state index is -0.282. The van der Waals surface area contributed by atoms with Crippen molar-refractivity contribution in [2.24, 2.45) is 0 Å². The van der Waals surface area contributed by atoms with Gasteiger partial charge in [0.1, 0.15) is 5.82 Å². The molecule has 9 nitrogen and oxygen atoms in total. The first-order valence-corrected chi connectivity index (χ1v) is 10.8. The molecular weight excluding hydrogens is 402 g/mol. The second-order valence-corrected chi connectivity index (χ2v) is 7.63. The van der Waals surface area contributed by atoms with Crippen molar-refractivity contribution in [3.05, 3.63) is 42.1 Å². The predicted octanol–water partition coefficient (Wildman–Crippen LogP) is 1.91. The maximum Gasteiger partial charge on any atom is 0.251 e. The van der Waals surface area contributed by atoms with Crippen molar-refractivity contribution in [2.75, 3.05) is 24.7 Å². The summed E-state index contributed by atoms with van der Waals surface area (Å²) in [5, 5.41) is 14.6. The van der Waals surface area contributed by atoms with E-state index in [-0.39, 0.29) is 24.4 Å². The Kier molecular flexibility index (Phi) is 7.23. The van der Waals surface area contributed by atoms with Gasteiger partial charge in [0, 0.05) is 18.2 Å². The van der Waals surface area contributed by atoms with E-state index in [4.69, 9.17) is 0 Å². The molecule has 0 saturated heterocycles. The summed E-state index contributed by atoms with van der Waals surface area (Å²) in [6, 6.07) is 9.00. The summed E-state index contributed by atoms with van der Waals surface area (Å²) in [6.07, 6.45) is 3.65. The highest BCUT2D eigenvalue weighted by atomic mass is 32.2. The fraction of sp³-hybridized carbons (Fsp3) is 0.350. The SMILES string of the molecule is CSc1nc(NC(C)C)c2cnn(CCNC(=O)CNC(=O)c3ccccc3)c2n1. The van der Waals surface area contributed by atoms with Gasteiger partial charge in [-0.05, 0) is 32.2 Å². The van der Waals surface area contributed by atoms with E-state index in [9.17, 15) is 9.59 Å². The van der Waals surface area contributed by atoms with E-state index < -0.39 is 0 Å². The van der Waals surface area contributed by atoms with Gasteiger partial charge in [-0.25, -0.2) is 14.6 Å². The van der Waals surface area contributed by atoms with Gasteiger partial charge in [0.05, 0.1) is 24.7 Å². The van der Waals surface area contributed by atoms with Crippen molar-refractivity contribution < 1.29 is 9.59 Å². The first-order chi connectivity index (χ1) is 14.5. The third-order valence-electron chi connectivity index (χ3n) is 4.17. The highest BCUT2D eigenvalue weighted by molar-refractivity contribution is 7.98. The van der Waals surface area contributed by atoms with Crippen LogP contribution in [0.1, 0.15) is 24.2 Å². The van der Waals surface area contributed by atoms with Crippen LogP contribution in [0.4, 0.5) is 5.82 Å². The number of nitrogens with one attached hydrogen (secondary N) is 3. The maximum absolute atomic E-state index is 12.1. The summed E-state index contributed by atoms with van der Waals surface area (Å²) in [7, 11) is 0. The smallest absolute Gasteiger partial charge is 0.251 e. The number of benzene rings is 1. The van der Waals surface area contributed by atoms with E-state index in [0.29, 0.717) is 29.5 Å². The summed E-state index contributed by atoms with van der Waals surface area (Å²) < 4.78 is 1.74. The summed E-state index contributed by atoms with van der Waals surface area (Å²) in [4.78, 5) is 33.1. The van der Waals surface area contributed by atoms with Crippen molar-refractivity contribution in [3.8, 4) is 0 Å². The van der Waals surface area contributed by atoms with Crippen LogP contribution in [0.5, 0.6) is 0 Å². The van der Waals surface area contributed by atoms with Crippen LogP contribution in [-0.4, -0.2) is 56.9 Å². The molecule has 3 rings (SSSR count). The van der Waals surface area contributed by atoms with Crippen LogP contribution in [0.2, 0.25) is 0 Å². The average Bonchev–Trinajstić information content (AvgIpc) is 3.15. The molecule has 2 aromatic heterocycles. The number of fused-ring (bicyclic) bond motifs is 1. The number of anilines is 1. The zero-order valence-corrected chi connectivity index (χ0v) is 18.0. The molecule has 0 bridgehead atoms. The van der Waals surface area contributed by atoms with Crippen LogP contribution in [0, 0.1) is 0 Å². The molecule has 0 aliphatic heterocycles. The van der Waals surface area contributed by atoms with E-state index in [1.807, 2.05) is 26.2 Å². The lowest BCUT2D eigenvalue weighted by atomic mass is 10.2. The zero-order valence-electron chi connectivity index (χ0n) is 17.2. The van der Waals surface area contributed by atoms with Gasteiger partial charge in [-0.3, -0.25) is 9.59 Å². The van der Waals surface area contributed by atoms with E-state index in [1.165, 1.54) is 11.8 Å². The summed E-state index contributed by atoms with van der Waals surface area (Å²) in [6.45, 7) is 4.82. The van der Waals surface area contributed by atoms with Crippen molar-refractivity contribution in [2.45, 2.75) is 31.6 Å². The van der Waals surface area contributed by atoms with E-state index in [1.54, 1.807) is 35.1 Å². The van der Waals surface area contributed by atoms with Crippen LogP contribution in [0.3, 0.4) is 0 Å². The van der Waals surface area contributed by atoms with Crippen molar-refractivity contribution in [1.82, 2.24) is 30.4 Å². The minimum absolute atomic E-state index is 0.0885. The number of carbonyl (C=O) groups excluding carboxylic acids is 2. The molecule has 3 N–H and O–H groups in total. The Bertz CT molecular complexity index is 1020. The van der Waals surface area contributed by atoms with Gasteiger partial charge in [-0.1, -0.05) is 30.0 Å². The average molecular weight is 428 g/mol. The molecule has 0 spiro atoms. The number of hydrogen-bond donors (Lipinski definition) is 3. The summed E-state index contributed by atoms with van der Waals surface area (Å²) in [5.41, 5.74) is 1.23. The minimum Gasteiger partial charge on any atom is -0.367 e. The summed E-state index contributed by atoms with van der Waals surface area (Å²) >= 11 is 1.46. The van der Waals surface area contributed by atoms with Crippen molar-refractivity contribution >= 4 is 40.4 Å². The third-order valence-corrected chi connectivity index (χ3v) is 4.72. The van der Waals surface area contributed by atoms with Gasteiger partial charge >= 0.3 is 0 Å². The summed E-state index contributed by atoms with van der Waals surface area (Å²) in [5.74, 6) is 0.200. The Hall–Kier alpha value is -3.14. The van der Waals surface area contributed by atoms with E-state index in [2.05, 4.69) is 31.0 Å². The molecule has 0 aliphatic rings. The van der Waals surface area contributed by atoms with Crippen LogP contribution in [0.15, 0.2) is 41.7 Å². The normalized spacial score (nSPS) is 10.9. The lowest BCUT2D eigenvalue weighted by molar-refractivity contribution is -0.120. The molecule has 30 heavy (non-hydrogen) atoms. The van der Waals surface area contributed by atoms with Crippen LogP contribution in [-0.2, 0) is 11.3 Å². The molecule has 2 heterocycles. The number of rotatable bonds is 9. The Labute approximate surface area is 179 Å². The molecular formula is C20H25N7O2S. The van der Waals surface area contributed by atoms with E-state index in [0.717, 1.165) is 11.2 Å². The number of hydrogen-bond acceptors (Lipinski definition) is 7. The molecule has 0 fully saturated rings. The standard InChI is InChI=1S/C20H25N7O2S/c1-13(2)24-17-15-11-23-27(18(15)26-20(25-17)30-3)10-9-21-16(28)12-22-19(29)14-7-5-4-6-8-14/h4-8,11,13H,9-10,12H2,1-3H3,(H,21,28)(H,22,29)(H,24,25,26). The number of nitrogens with zero attached hydrogens (tertiary/aromatic N) is 4. The Morgan fingerprint density at radius 2 is 1.90 bits per heavy atom.